The molecule has 0 fully saturated rings. The van der Waals surface area contributed by atoms with E-state index in [0.717, 1.165) is 22.2 Å². The summed E-state index contributed by atoms with van der Waals surface area (Å²) in [4.78, 5) is 25.1. The molecule has 2 aromatic rings. The van der Waals surface area contributed by atoms with Crippen molar-refractivity contribution >= 4 is 35.0 Å². The Hall–Kier alpha value is -3.02. The smallest absolute Gasteiger partial charge is 0.340 e. The average Bonchev–Trinajstić information content (AvgIpc) is 2.67. The van der Waals surface area contributed by atoms with Gasteiger partial charge in [-0.25, -0.2) is 4.79 Å². The minimum atomic E-state index is -0.635. The van der Waals surface area contributed by atoms with Gasteiger partial charge in [-0.15, -0.1) is 0 Å². The molecule has 0 bridgehead atoms. The van der Waals surface area contributed by atoms with Crippen LogP contribution in [-0.4, -0.2) is 36.7 Å². The summed E-state index contributed by atoms with van der Waals surface area (Å²) in [5.74, 6) is -1.10. The van der Waals surface area contributed by atoms with Gasteiger partial charge in [0.1, 0.15) is 5.40 Å². The Morgan fingerprint density at radius 2 is 2.00 bits per heavy atom. The molecule has 0 saturated heterocycles. The molecule has 0 unspecified atom stereocenters. The van der Waals surface area contributed by atoms with Crippen molar-refractivity contribution in [2.24, 2.45) is 0 Å². The third-order valence-electron chi connectivity index (χ3n) is 3.54. The van der Waals surface area contributed by atoms with Crippen molar-refractivity contribution in [2.75, 3.05) is 30.4 Å². The summed E-state index contributed by atoms with van der Waals surface area (Å²) >= 11 is 1.04. The number of hydrogen-bond acceptors (Lipinski definition) is 7. The Bertz CT molecular complexity index is 864. The van der Waals surface area contributed by atoms with E-state index in [4.69, 9.17) is 15.1 Å². The van der Waals surface area contributed by atoms with Crippen molar-refractivity contribution in [3.05, 3.63) is 53.6 Å². The van der Waals surface area contributed by atoms with Gasteiger partial charge in [-0.3, -0.25) is 4.79 Å². The molecule has 8 heteroatoms. The Labute approximate surface area is 161 Å². The SMILES string of the molecule is Cc1cc(SC#N)ccc1NC(=O)COC(=O)c1ccccc1NCCO. The minimum Gasteiger partial charge on any atom is -0.452 e. The molecule has 0 saturated carbocycles. The second-order valence-corrected chi connectivity index (χ2v) is 6.35. The lowest BCUT2D eigenvalue weighted by Crippen LogP contribution is -2.22. The van der Waals surface area contributed by atoms with Gasteiger partial charge in [0.2, 0.25) is 0 Å². The summed E-state index contributed by atoms with van der Waals surface area (Å²) < 4.78 is 5.08. The summed E-state index contributed by atoms with van der Waals surface area (Å²) in [5.41, 5.74) is 2.20. The van der Waals surface area contributed by atoms with Crippen LogP contribution >= 0.6 is 11.8 Å². The number of ether oxygens (including phenoxy) is 1. The summed E-state index contributed by atoms with van der Waals surface area (Å²) in [6.07, 6.45) is 0. The zero-order valence-electron chi connectivity index (χ0n) is 14.7. The normalized spacial score (nSPS) is 9.96. The highest BCUT2D eigenvalue weighted by Gasteiger charge is 2.14. The molecule has 2 aromatic carbocycles. The first-order chi connectivity index (χ1) is 13.0. The molecule has 0 radical (unpaired) electrons. The Morgan fingerprint density at radius 3 is 2.70 bits per heavy atom. The van der Waals surface area contributed by atoms with Crippen LogP contribution < -0.4 is 10.6 Å². The van der Waals surface area contributed by atoms with Crippen LogP contribution in [0.15, 0.2) is 47.4 Å². The molecular formula is C19H19N3O4S. The van der Waals surface area contributed by atoms with Gasteiger partial charge in [-0.2, -0.15) is 5.26 Å². The lowest BCUT2D eigenvalue weighted by Gasteiger charge is -2.12. The number of carbonyl (C=O) groups is 2. The highest BCUT2D eigenvalue weighted by Crippen LogP contribution is 2.23. The quantitative estimate of drug-likeness (QED) is 0.364. The van der Waals surface area contributed by atoms with E-state index in [1.165, 1.54) is 0 Å². The van der Waals surface area contributed by atoms with Gasteiger partial charge in [0.15, 0.2) is 6.61 Å². The number of esters is 1. The van der Waals surface area contributed by atoms with Crippen LogP contribution in [0.25, 0.3) is 0 Å². The van der Waals surface area contributed by atoms with Crippen LogP contribution in [-0.2, 0) is 9.53 Å². The van der Waals surface area contributed by atoms with E-state index in [1.807, 2.05) is 12.3 Å². The van der Waals surface area contributed by atoms with Crippen LogP contribution in [0.1, 0.15) is 15.9 Å². The first-order valence-corrected chi connectivity index (χ1v) is 8.94. The molecule has 0 aromatic heterocycles. The van der Waals surface area contributed by atoms with Gasteiger partial charge in [0.05, 0.1) is 12.2 Å². The number of thioether (sulfide) groups is 1. The molecule has 27 heavy (non-hydrogen) atoms. The van der Waals surface area contributed by atoms with Gasteiger partial charge in [0.25, 0.3) is 5.91 Å². The summed E-state index contributed by atoms with van der Waals surface area (Å²) in [6, 6.07) is 11.9. The molecule has 140 valence electrons. The number of benzene rings is 2. The number of thiocyanates is 1. The van der Waals surface area contributed by atoms with E-state index < -0.39 is 18.5 Å². The van der Waals surface area contributed by atoms with E-state index in [-0.39, 0.29) is 12.2 Å². The van der Waals surface area contributed by atoms with E-state index in [2.05, 4.69) is 10.6 Å². The van der Waals surface area contributed by atoms with Crippen LogP contribution in [0.5, 0.6) is 0 Å². The second-order valence-electron chi connectivity index (χ2n) is 5.49. The number of para-hydroxylation sites is 1. The maximum atomic E-state index is 12.2. The second kappa shape index (κ2) is 10.2. The number of aliphatic hydroxyl groups excluding tert-OH is 1. The van der Waals surface area contributed by atoms with Crippen molar-refractivity contribution in [1.82, 2.24) is 0 Å². The number of carbonyl (C=O) groups excluding carboxylic acids is 2. The predicted octanol–water partition coefficient (Wildman–Crippen LogP) is 2.77. The predicted molar refractivity (Wildman–Crippen MR) is 104 cm³/mol. The molecule has 0 aliphatic carbocycles. The number of hydrogen-bond donors (Lipinski definition) is 3. The molecule has 7 nitrogen and oxygen atoms in total. The third-order valence-corrected chi connectivity index (χ3v) is 4.12. The fourth-order valence-electron chi connectivity index (χ4n) is 2.29. The number of amides is 1. The topological polar surface area (TPSA) is 111 Å². The first kappa shape index (κ1) is 20.3. The van der Waals surface area contributed by atoms with Crippen molar-refractivity contribution in [3.8, 4) is 5.40 Å². The molecule has 2 rings (SSSR count). The zero-order chi connectivity index (χ0) is 19.6. The standard InChI is InChI=1S/C19H19N3O4S/c1-13-10-14(27-12-20)6-7-16(13)22-18(24)11-26-19(25)15-4-2-3-5-17(15)21-8-9-23/h2-7,10,21,23H,8-9,11H2,1H3,(H,22,24). The Morgan fingerprint density at radius 1 is 1.22 bits per heavy atom. The van der Waals surface area contributed by atoms with E-state index in [1.54, 1.807) is 42.5 Å². The van der Waals surface area contributed by atoms with Crippen molar-refractivity contribution in [2.45, 2.75) is 11.8 Å². The van der Waals surface area contributed by atoms with Crippen molar-refractivity contribution in [1.29, 1.82) is 5.26 Å². The number of anilines is 2. The fourth-order valence-corrected chi connectivity index (χ4v) is 2.77. The summed E-state index contributed by atoms with van der Waals surface area (Å²) in [7, 11) is 0. The highest BCUT2D eigenvalue weighted by atomic mass is 32.2. The van der Waals surface area contributed by atoms with E-state index in [9.17, 15) is 9.59 Å². The van der Waals surface area contributed by atoms with Gasteiger partial charge in [-0.05, 0) is 54.6 Å². The summed E-state index contributed by atoms with van der Waals surface area (Å²) in [6.45, 7) is 1.61. The summed E-state index contributed by atoms with van der Waals surface area (Å²) in [5, 5.41) is 25.2. The highest BCUT2D eigenvalue weighted by molar-refractivity contribution is 8.03. The number of nitriles is 1. The lowest BCUT2D eigenvalue weighted by atomic mass is 10.2. The third kappa shape index (κ3) is 6.02. The van der Waals surface area contributed by atoms with Gasteiger partial charge in [-0.1, -0.05) is 12.1 Å². The molecule has 1 amide bonds. The number of aryl methyl sites for hydroxylation is 1. The number of nitrogens with one attached hydrogen (secondary N) is 2. The average molecular weight is 385 g/mol. The molecule has 0 spiro atoms. The number of aliphatic hydroxyl groups is 1. The lowest BCUT2D eigenvalue weighted by molar-refractivity contribution is -0.119. The van der Waals surface area contributed by atoms with Gasteiger partial charge >= 0.3 is 5.97 Å². The van der Waals surface area contributed by atoms with E-state index in [0.29, 0.717) is 17.9 Å². The van der Waals surface area contributed by atoms with Crippen molar-refractivity contribution in [3.63, 3.8) is 0 Å². The fraction of sp³-hybridized carbons (Fsp3) is 0.211. The van der Waals surface area contributed by atoms with E-state index >= 15 is 0 Å². The van der Waals surface area contributed by atoms with Gasteiger partial charge in [0, 0.05) is 22.8 Å². The minimum absolute atomic E-state index is 0.0726. The molecule has 0 aliphatic heterocycles. The zero-order valence-corrected chi connectivity index (χ0v) is 15.5. The largest absolute Gasteiger partial charge is 0.452 e. The van der Waals surface area contributed by atoms with Gasteiger partial charge < -0.3 is 20.5 Å². The number of rotatable bonds is 8. The Kier molecular flexibility index (Phi) is 7.67. The number of nitrogens with zero attached hydrogens (tertiary/aromatic N) is 1. The van der Waals surface area contributed by atoms with Crippen LogP contribution in [0.4, 0.5) is 11.4 Å². The first-order valence-electron chi connectivity index (χ1n) is 8.12. The maximum Gasteiger partial charge on any atom is 0.340 e. The molecular weight excluding hydrogens is 366 g/mol. The van der Waals surface area contributed by atoms with Crippen LogP contribution in [0.2, 0.25) is 0 Å². The Balaban J connectivity index is 1.94. The molecule has 0 aliphatic rings. The van der Waals surface area contributed by atoms with Crippen LogP contribution in [0, 0.1) is 17.6 Å². The monoisotopic (exact) mass is 385 g/mol. The van der Waals surface area contributed by atoms with Crippen molar-refractivity contribution < 1.29 is 19.4 Å². The molecule has 0 atom stereocenters. The van der Waals surface area contributed by atoms with Crippen LogP contribution in [0.3, 0.4) is 0 Å². The maximum absolute atomic E-state index is 12.2. The molecule has 3 N–H and O–H groups in total. The molecule has 0 heterocycles.